The van der Waals surface area contributed by atoms with Crippen LogP contribution in [-0.4, -0.2) is 22.3 Å². The largest absolute Gasteiger partial charge is 0.481 e. The molecule has 0 heterocycles. The van der Waals surface area contributed by atoms with Gasteiger partial charge in [-0.25, -0.2) is 0 Å². The molecule has 0 saturated heterocycles. The van der Waals surface area contributed by atoms with E-state index in [0.717, 1.165) is 5.56 Å². The molecule has 90 valence electrons. The minimum absolute atomic E-state index is 0.179. The van der Waals surface area contributed by atoms with Crippen molar-refractivity contribution in [1.82, 2.24) is 0 Å². The Labute approximate surface area is 99.1 Å². The Morgan fingerprint density at radius 1 is 1.41 bits per heavy atom. The van der Waals surface area contributed by atoms with E-state index in [4.69, 9.17) is 16.1 Å². The fourth-order valence-corrected chi connectivity index (χ4v) is 1.52. The molecule has 0 spiro atoms. The third-order valence-corrected chi connectivity index (χ3v) is 2.40. The number of nitrogens with two attached hydrogens (primary N) is 1. The van der Waals surface area contributed by atoms with Crippen molar-refractivity contribution in [1.29, 1.82) is 5.26 Å². The summed E-state index contributed by atoms with van der Waals surface area (Å²) in [5.74, 6) is -1.05. The Morgan fingerprint density at radius 3 is 2.47 bits per heavy atom. The topological polar surface area (TPSA) is 107 Å². The molecule has 1 rings (SSSR count). The molecule has 0 fully saturated rings. The van der Waals surface area contributed by atoms with E-state index in [1.165, 1.54) is 0 Å². The van der Waals surface area contributed by atoms with Crippen molar-refractivity contribution >= 4 is 5.97 Å². The van der Waals surface area contributed by atoms with Crippen molar-refractivity contribution in [3.63, 3.8) is 0 Å². The van der Waals surface area contributed by atoms with Gasteiger partial charge in [0.25, 0.3) is 0 Å². The van der Waals surface area contributed by atoms with E-state index in [0.29, 0.717) is 5.56 Å². The summed E-state index contributed by atoms with van der Waals surface area (Å²) in [5.41, 5.74) is 7.13. The van der Waals surface area contributed by atoms with Gasteiger partial charge in [0.05, 0.1) is 24.2 Å². The predicted molar refractivity (Wildman–Crippen MR) is 61.0 cm³/mol. The first kappa shape index (κ1) is 13.2. The Bertz CT molecular complexity index is 422. The van der Waals surface area contributed by atoms with Gasteiger partial charge in [0.2, 0.25) is 0 Å². The summed E-state index contributed by atoms with van der Waals surface area (Å²) >= 11 is 0. The third kappa shape index (κ3) is 4.23. The van der Waals surface area contributed by atoms with Gasteiger partial charge in [0.15, 0.2) is 0 Å². The summed E-state index contributed by atoms with van der Waals surface area (Å²) in [6.07, 6.45) is -1.10. The van der Waals surface area contributed by atoms with Crippen LogP contribution in [0.5, 0.6) is 0 Å². The zero-order valence-electron chi connectivity index (χ0n) is 9.21. The van der Waals surface area contributed by atoms with Gasteiger partial charge in [-0.05, 0) is 24.1 Å². The maximum absolute atomic E-state index is 10.4. The molecule has 2 unspecified atom stereocenters. The number of carbonyl (C=O) groups is 1. The van der Waals surface area contributed by atoms with Gasteiger partial charge >= 0.3 is 5.97 Å². The molecule has 0 aliphatic heterocycles. The Morgan fingerprint density at radius 2 is 2.00 bits per heavy atom. The van der Waals surface area contributed by atoms with E-state index in [1.54, 1.807) is 24.3 Å². The van der Waals surface area contributed by atoms with Gasteiger partial charge in [0, 0.05) is 6.04 Å². The fraction of sp³-hybridized carbons (Fsp3) is 0.333. The van der Waals surface area contributed by atoms with E-state index in [2.05, 4.69) is 0 Å². The van der Waals surface area contributed by atoms with Gasteiger partial charge in [-0.3, -0.25) is 4.79 Å². The Kier molecular flexibility index (Phi) is 4.64. The van der Waals surface area contributed by atoms with Crippen LogP contribution in [0.1, 0.15) is 30.0 Å². The molecule has 2 atom stereocenters. The van der Waals surface area contributed by atoms with Crippen LogP contribution in [-0.2, 0) is 4.79 Å². The highest BCUT2D eigenvalue weighted by molar-refractivity contribution is 5.67. The maximum atomic E-state index is 10.4. The molecule has 0 aromatic heterocycles. The molecule has 0 aliphatic carbocycles. The van der Waals surface area contributed by atoms with Crippen LogP contribution >= 0.6 is 0 Å². The van der Waals surface area contributed by atoms with Crippen LogP contribution in [0.2, 0.25) is 0 Å². The van der Waals surface area contributed by atoms with E-state index in [9.17, 15) is 9.90 Å². The second-order valence-electron chi connectivity index (χ2n) is 3.83. The molecule has 1 aromatic rings. The quantitative estimate of drug-likeness (QED) is 0.698. The first-order valence-electron chi connectivity index (χ1n) is 5.18. The molecular weight excluding hydrogens is 220 g/mol. The summed E-state index contributed by atoms with van der Waals surface area (Å²) in [6.45, 7) is 0. The zero-order chi connectivity index (χ0) is 12.8. The summed E-state index contributed by atoms with van der Waals surface area (Å²) in [6, 6.07) is 8.24. The van der Waals surface area contributed by atoms with E-state index < -0.39 is 18.1 Å². The molecule has 0 radical (unpaired) electrons. The summed E-state index contributed by atoms with van der Waals surface area (Å²) in [4.78, 5) is 10.4. The molecule has 1 aromatic carbocycles. The Balaban J connectivity index is 2.60. The van der Waals surface area contributed by atoms with E-state index in [1.807, 2.05) is 6.07 Å². The average molecular weight is 234 g/mol. The Hall–Kier alpha value is -1.90. The highest BCUT2D eigenvalue weighted by Gasteiger charge is 2.15. The van der Waals surface area contributed by atoms with Crippen molar-refractivity contribution in [2.24, 2.45) is 5.73 Å². The van der Waals surface area contributed by atoms with Crippen molar-refractivity contribution in [3.05, 3.63) is 35.4 Å². The minimum Gasteiger partial charge on any atom is -0.481 e. The monoisotopic (exact) mass is 234 g/mol. The van der Waals surface area contributed by atoms with Gasteiger partial charge < -0.3 is 15.9 Å². The molecule has 0 saturated carbocycles. The van der Waals surface area contributed by atoms with Gasteiger partial charge in [-0.15, -0.1) is 0 Å². The van der Waals surface area contributed by atoms with Crippen molar-refractivity contribution < 1.29 is 15.0 Å². The number of nitrogens with zero attached hydrogens (tertiary/aromatic N) is 1. The maximum Gasteiger partial charge on any atom is 0.305 e. The number of rotatable bonds is 5. The normalized spacial score (nSPS) is 13.7. The van der Waals surface area contributed by atoms with E-state index in [-0.39, 0.29) is 12.8 Å². The van der Waals surface area contributed by atoms with Crippen molar-refractivity contribution in [2.75, 3.05) is 0 Å². The molecule has 0 aliphatic rings. The molecule has 4 N–H and O–H groups in total. The number of hydrogen-bond donors (Lipinski definition) is 3. The second-order valence-corrected chi connectivity index (χ2v) is 3.83. The summed E-state index contributed by atoms with van der Waals surface area (Å²) in [5, 5.41) is 26.6. The highest BCUT2D eigenvalue weighted by Crippen LogP contribution is 2.17. The second kappa shape index (κ2) is 5.99. The molecular formula is C12H14N2O3. The lowest BCUT2D eigenvalue weighted by Gasteiger charge is -2.15. The van der Waals surface area contributed by atoms with Gasteiger partial charge in [0.1, 0.15) is 0 Å². The summed E-state index contributed by atoms with van der Waals surface area (Å²) in [7, 11) is 0. The molecule has 0 amide bonds. The molecule has 0 bridgehead atoms. The van der Waals surface area contributed by atoms with Gasteiger partial charge in [-0.1, -0.05) is 12.1 Å². The smallest absolute Gasteiger partial charge is 0.305 e. The number of nitriles is 1. The van der Waals surface area contributed by atoms with Crippen molar-refractivity contribution in [3.8, 4) is 6.07 Å². The number of carboxylic acid groups (broad SMARTS) is 1. The number of aliphatic hydroxyl groups is 1. The molecule has 5 heteroatoms. The first-order valence-corrected chi connectivity index (χ1v) is 5.18. The first-order chi connectivity index (χ1) is 8.02. The third-order valence-electron chi connectivity index (χ3n) is 2.40. The van der Waals surface area contributed by atoms with Crippen LogP contribution in [0, 0.1) is 11.3 Å². The van der Waals surface area contributed by atoms with Crippen LogP contribution in [0.3, 0.4) is 0 Å². The number of carboxylic acids is 1. The number of aliphatic hydroxyl groups excluding tert-OH is 1. The van der Waals surface area contributed by atoms with Crippen LogP contribution in [0.4, 0.5) is 0 Å². The van der Waals surface area contributed by atoms with E-state index >= 15 is 0 Å². The minimum atomic E-state index is -1.05. The van der Waals surface area contributed by atoms with Crippen molar-refractivity contribution in [2.45, 2.75) is 25.0 Å². The lowest BCUT2D eigenvalue weighted by atomic mass is 9.99. The molecule has 17 heavy (non-hydrogen) atoms. The van der Waals surface area contributed by atoms with Crippen LogP contribution in [0.25, 0.3) is 0 Å². The standard InChI is InChI=1S/C12H14N2O3/c13-7-8-1-3-9(4-2-8)11(14)5-10(15)6-12(16)17/h1-4,10-11,15H,5-6,14H2,(H,16,17). The van der Waals surface area contributed by atoms with Gasteiger partial charge in [-0.2, -0.15) is 5.26 Å². The molecule has 5 nitrogen and oxygen atoms in total. The predicted octanol–water partition coefficient (Wildman–Crippen LogP) is 0.784. The fourth-order valence-electron chi connectivity index (χ4n) is 1.52. The lowest BCUT2D eigenvalue weighted by molar-refractivity contribution is -0.139. The van der Waals surface area contributed by atoms with Crippen LogP contribution < -0.4 is 5.73 Å². The summed E-state index contributed by atoms with van der Waals surface area (Å²) < 4.78 is 0. The highest BCUT2D eigenvalue weighted by atomic mass is 16.4. The zero-order valence-corrected chi connectivity index (χ0v) is 9.21. The number of benzene rings is 1. The lowest BCUT2D eigenvalue weighted by Crippen LogP contribution is -2.21. The van der Waals surface area contributed by atoms with Crippen LogP contribution in [0.15, 0.2) is 24.3 Å². The SMILES string of the molecule is N#Cc1ccc(C(N)CC(O)CC(=O)O)cc1. The number of aliphatic carboxylic acids is 1. The number of hydrogen-bond acceptors (Lipinski definition) is 4. The average Bonchev–Trinajstić information content (AvgIpc) is 2.28.